The van der Waals surface area contributed by atoms with Gasteiger partial charge in [-0.1, -0.05) is 6.42 Å². The first-order chi connectivity index (χ1) is 11.3. The van der Waals surface area contributed by atoms with Crippen molar-refractivity contribution in [2.24, 2.45) is 5.41 Å². The Kier molecular flexibility index (Phi) is 7.95. The van der Waals surface area contributed by atoms with Gasteiger partial charge >= 0.3 is 5.97 Å². The van der Waals surface area contributed by atoms with Crippen LogP contribution in [-0.4, -0.2) is 36.4 Å². The summed E-state index contributed by atoms with van der Waals surface area (Å²) in [5.74, 6) is -0.293. The Bertz CT molecular complexity index is 551. The van der Waals surface area contributed by atoms with Crippen molar-refractivity contribution in [3.8, 4) is 5.75 Å². The molecule has 0 saturated heterocycles. The molecule has 0 saturated carbocycles. The van der Waals surface area contributed by atoms with Crippen LogP contribution < -0.4 is 10.1 Å². The molecule has 6 nitrogen and oxygen atoms in total. The smallest absolute Gasteiger partial charge is 0.303 e. The molecule has 0 heterocycles. The van der Waals surface area contributed by atoms with E-state index >= 15 is 0 Å². The molecule has 2 N–H and O–H groups in total. The number of hydrogen-bond donors (Lipinski definition) is 2. The molecule has 1 amide bonds. The Labute approximate surface area is 142 Å². The van der Waals surface area contributed by atoms with Crippen LogP contribution in [0.25, 0.3) is 0 Å². The lowest BCUT2D eigenvalue weighted by atomic mass is 9.93. The molecule has 0 aliphatic heterocycles. The number of aldehydes is 1. The Morgan fingerprint density at radius 3 is 2.42 bits per heavy atom. The number of hydrogen-bond acceptors (Lipinski definition) is 4. The van der Waals surface area contributed by atoms with Gasteiger partial charge in [-0.15, -0.1) is 0 Å². The van der Waals surface area contributed by atoms with E-state index < -0.39 is 11.4 Å². The van der Waals surface area contributed by atoms with Gasteiger partial charge in [-0.2, -0.15) is 0 Å². The number of amides is 1. The minimum absolute atomic E-state index is 0.106. The lowest BCUT2D eigenvalue weighted by Gasteiger charge is -2.23. The number of unbranched alkanes of at least 4 members (excludes halogenated alkanes) is 2. The fourth-order valence-corrected chi connectivity index (χ4v) is 1.99. The maximum absolute atomic E-state index is 12.2. The fraction of sp³-hybridized carbons (Fsp3) is 0.500. The lowest BCUT2D eigenvalue weighted by Crippen LogP contribution is -2.41. The SMILES string of the molecule is CC(C)(COc1ccc(C=O)cc1)C(=O)NCCCCCC(=O)O. The van der Waals surface area contributed by atoms with Crippen LogP contribution in [0.1, 0.15) is 49.9 Å². The summed E-state index contributed by atoms with van der Waals surface area (Å²) in [6.07, 6.45) is 3.07. The molecule has 1 aromatic rings. The molecule has 6 heteroatoms. The predicted molar refractivity (Wildman–Crippen MR) is 90.2 cm³/mol. The van der Waals surface area contributed by atoms with Crippen molar-refractivity contribution in [2.45, 2.75) is 39.5 Å². The molecule has 0 bridgehead atoms. The van der Waals surface area contributed by atoms with Crippen LogP contribution in [0, 0.1) is 5.41 Å². The molecule has 0 aliphatic carbocycles. The summed E-state index contributed by atoms with van der Waals surface area (Å²) in [5.41, 5.74) is -0.119. The second-order valence-corrected chi connectivity index (χ2v) is 6.32. The fourth-order valence-electron chi connectivity index (χ4n) is 1.99. The topological polar surface area (TPSA) is 92.7 Å². The van der Waals surface area contributed by atoms with E-state index in [1.165, 1.54) is 0 Å². The molecule has 0 spiro atoms. The highest BCUT2D eigenvalue weighted by Gasteiger charge is 2.28. The number of rotatable bonds is 11. The predicted octanol–water partition coefficient (Wildman–Crippen LogP) is 2.67. The molecule has 0 unspecified atom stereocenters. The van der Waals surface area contributed by atoms with Crippen molar-refractivity contribution >= 4 is 18.2 Å². The van der Waals surface area contributed by atoms with Crippen LogP contribution in [0.4, 0.5) is 0 Å². The number of carbonyl (C=O) groups excluding carboxylic acids is 2. The Morgan fingerprint density at radius 1 is 1.17 bits per heavy atom. The summed E-state index contributed by atoms with van der Waals surface area (Å²) in [7, 11) is 0. The monoisotopic (exact) mass is 335 g/mol. The molecule has 132 valence electrons. The standard InChI is InChI=1S/C18H25NO5/c1-18(2,13-24-15-9-7-14(12-20)8-10-15)17(23)19-11-5-3-4-6-16(21)22/h7-10,12H,3-6,11,13H2,1-2H3,(H,19,23)(H,21,22). The number of aliphatic carboxylic acids is 1. The third-order valence-electron chi connectivity index (χ3n) is 3.58. The highest BCUT2D eigenvalue weighted by molar-refractivity contribution is 5.82. The lowest BCUT2D eigenvalue weighted by molar-refractivity contribution is -0.137. The van der Waals surface area contributed by atoms with E-state index in [1.54, 1.807) is 38.1 Å². The average Bonchev–Trinajstić information content (AvgIpc) is 2.56. The molecule has 0 atom stereocenters. The number of carboxylic acids is 1. The highest BCUT2D eigenvalue weighted by atomic mass is 16.5. The van der Waals surface area contributed by atoms with Gasteiger partial charge in [0.15, 0.2) is 0 Å². The van der Waals surface area contributed by atoms with Crippen molar-refractivity contribution in [3.63, 3.8) is 0 Å². The number of carbonyl (C=O) groups is 3. The van der Waals surface area contributed by atoms with Crippen LogP contribution in [0.2, 0.25) is 0 Å². The molecular weight excluding hydrogens is 310 g/mol. The van der Waals surface area contributed by atoms with Crippen LogP contribution in [0.15, 0.2) is 24.3 Å². The van der Waals surface area contributed by atoms with Gasteiger partial charge in [-0.05, 0) is 51.0 Å². The van der Waals surface area contributed by atoms with E-state index in [-0.39, 0.29) is 18.9 Å². The number of ether oxygens (including phenoxy) is 1. The largest absolute Gasteiger partial charge is 0.492 e. The van der Waals surface area contributed by atoms with Crippen LogP contribution in [0.5, 0.6) is 5.75 Å². The van der Waals surface area contributed by atoms with Gasteiger partial charge in [0.2, 0.25) is 5.91 Å². The summed E-state index contributed by atoms with van der Waals surface area (Å²) in [6, 6.07) is 6.71. The van der Waals surface area contributed by atoms with Gasteiger partial charge in [-0.25, -0.2) is 0 Å². The van der Waals surface area contributed by atoms with Crippen molar-refractivity contribution in [2.75, 3.05) is 13.2 Å². The summed E-state index contributed by atoms with van der Waals surface area (Å²) in [4.78, 5) is 33.2. The molecule has 0 aromatic heterocycles. The van der Waals surface area contributed by atoms with Crippen molar-refractivity contribution in [1.29, 1.82) is 0 Å². The van der Waals surface area contributed by atoms with Crippen LogP contribution in [0.3, 0.4) is 0 Å². The van der Waals surface area contributed by atoms with E-state index in [4.69, 9.17) is 9.84 Å². The molecule has 24 heavy (non-hydrogen) atoms. The molecule has 0 fully saturated rings. The summed E-state index contributed by atoms with van der Waals surface area (Å²) < 4.78 is 5.62. The van der Waals surface area contributed by atoms with Crippen molar-refractivity contribution in [1.82, 2.24) is 5.32 Å². The zero-order chi connectivity index (χ0) is 18.0. The van der Waals surface area contributed by atoms with E-state index in [1.807, 2.05) is 0 Å². The van der Waals surface area contributed by atoms with Gasteiger partial charge in [0, 0.05) is 18.5 Å². The van der Waals surface area contributed by atoms with Gasteiger partial charge < -0.3 is 15.2 Å². The Morgan fingerprint density at radius 2 is 1.83 bits per heavy atom. The minimum atomic E-state index is -0.793. The molecule has 1 rings (SSSR count). The highest BCUT2D eigenvalue weighted by Crippen LogP contribution is 2.19. The quantitative estimate of drug-likeness (QED) is 0.479. The normalized spacial score (nSPS) is 10.9. The van der Waals surface area contributed by atoms with Gasteiger partial charge in [0.05, 0.1) is 5.41 Å². The first kappa shape index (κ1) is 19.7. The zero-order valence-corrected chi connectivity index (χ0v) is 14.2. The molecular formula is C18H25NO5. The van der Waals surface area contributed by atoms with E-state index in [2.05, 4.69) is 5.32 Å². The second-order valence-electron chi connectivity index (χ2n) is 6.32. The van der Waals surface area contributed by atoms with E-state index in [0.29, 0.717) is 24.3 Å². The van der Waals surface area contributed by atoms with Gasteiger partial charge in [0.1, 0.15) is 18.6 Å². The average molecular weight is 335 g/mol. The molecule has 0 aliphatic rings. The van der Waals surface area contributed by atoms with Gasteiger partial charge in [0.25, 0.3) is 0 Å². The maximum atomic E-state index is 12.2. The number of benzene rings is 1. The zero-order valence-electron chi connectivity index (χ0n) is 14.2. The summed E-state index contributed by atoms with van der Waals surface area (Å²) in [6.45, 7) is 4.34. The number of nitrogens with one attached hydrogen (secondary N) is 1. The maximum Gasteiger partial charge on any atom is 0.303 e. The Hall–Kier alpha value is -2.37. The first-order valence-electron chi connectivity index (χ1n) is 8.03. The van der Waals surface area contributed by atoms with Crippen LogP contribution in [-0.2, 0) is 9.59 Å². The number of carboxylic acid groups (broad SMARTS) is 1. The third kappa shape index (κ3) is 7.26. The summed E-state index contributed by atoms with van der Waals surface area (Å²) in [5, 5.41) is 11.4. The third-order valence-corrected chi connectivity index (χ3v) is 3.58. The minimum Gasteiger partial charge on any atom is -0.492 e. The van der Waals surface area contributed by atoms with Crippen molar-refractivity contribution in [3.05, 3.63) is 29.8 Å². The van der Waals surface area contributed by atoms with E-state index in [9.17, 15) is 14.4 Å². The second kappa shape index (κ2) is 9.70. The first-order valence-corrected chi connectivity index (χ1v) is 8.03. The molecule has 1 aromatic carbocycles. The van der Waals surface area contributed by atoms with E-state index in [0.717, 1.165) is 19.1 Å². The van der Waals surface area contributed by atoms with Crippen LogP contribution >= 0.6 is 0 Å². The summed E-state index contributed by atoms with van der Waals surface area (Å²) >= 11 is 0. The van der Waals surface area contributed by atoms with Crippen molar-refractivity contribution < 1.29 is 24.2 Å². The van der Waals surface area contributed by atoms with Gasteiger partial charge in [-0.3, -0.25) is 14.4 Å². The molecule has 0 radical (unpaired) electrons. The Balaban J connectivity index is 2.30.